The highest BCUT2D eigenvalue weighted by Crippen LogP contribution is 2.41. The molecule has 0 saturated heterocycles. The zero-order valence-electron chi connectivity index (χ0n) is 27.8. The number of hydrogen-bond donors (Lipinski definition) is 6. The Morgan fingerprint density at radius 1 is 0.444 bits per heavy atom. The number of rotatable bonds is 6. The lowest BCUT2D eigenvalue weighted by atomic mass is 9.90. The number of aromatic hydroxyl groups is 3. The molecule has 8 bridgehead atoms. The summed E-state index contributed by atoms with van der Waals surface area (Å²) in [6.45, 7) is 1.65. The first kappa shape index (κ1) is 38.7. The average molecular weight is 819 g/mol. The van der Waals surface area contributed by atoms with Gasteiger partial charge in [0.15, 0.2) is 0 Å². The molecule has 0 amide bonds. The molecule has 0 atom stereocenters. The average Bonchev–Trinajstić information content (AvgIpc) is 3.06. The number of benzene rings is 5. The SMILES string of the molecule is Cc1cc2c(O)c(c1)Cc1cc(S(=O)(=O)O)cc(c1O)Cc1cc(S(=O)(=O)O)cc(c1OS(=O)(=O)c1ccccc1)Cc1cc(S(=O)(=O)O)cc(c1O)C2. The molecule has 15 nitrogen and oxygen atoms in total. The van der Waals surface area contributed by atoms with Crippen LogP contribution in [-0.2, 0) is 66.2 Å². The second kappa shape index (κ2) is 13.7. The van der Waals surface area contributed by atoms with Crippen LogP contribution in [0.3, 0.4) is 0 Å². The minimum Gasteiger partial charge on any atom is -0.507 e. The van der Waals surface area contributed by atoms with Crippen molar-refractivity contribution in [3.63, 3.8) is 0 Å². The van der Waals surface area contributed by atoms with E-state index in [0.29, 0.717) is 5.56 Å². The lowest BCUT2D eigenvalue weighted by molar-refractivity contribution is 0.452. The highest BCUT2D eigenvalue weighted by Gasteiger charge is 2.29. The van der Waals surface area contributed by atoms with E-state index in [1.807, 2.05) is 0 Å². The molecule has 0 heterocycles. The Kier molecular flexibility index (Phi) is 9.80. The molecule has 5 aromatic rings. The number of fused-ring (bicyclic) bond motifs is 8. The number of phenolic OH excluding ortho intramolecular Hbond substituents is 3. The molecule has 5 aromatic carbocycles. The van der Waals surface area contributed by atoms with E-state index in [-0.39, 0.29) is 68.0 Å². The summed E-state index contributed by atoms with van der Waals surface area (Å²) in [5.74, 6) is -2.18. The van der Waals surface area contributed by atoms with Gasteiger partial charge in [-0.2, -0.15) is 33.7 Å². The van der Waals surface area contributed by atoms with Crippen LogP contribution < -0.4 is 4.18 Å². The standard InChI is InChI=1S/C35H30O15S4/c1-19-7-20-9-22-13-29(51(39,40)41)15-24(33(22)37)11-26-17-31(53(45,46)47)18-27(35(26)50-54(48,49)28-5-3-2-4-6-28)12-25-16-30(52(42,43)44)14-23(34(25)38)10-21(8-19)32(20)36/h2-8,13-18,36-38H,9-12H2,1H3,(H,39,40,41)(H,42,43,44)(H,45,46,47). The second-order valence-electron chi connectivity index (χ2n) is 12.7. The summed E-state index contributed by atoms with van der Waals surface area (Å²) in [7, 11) is -19.9. The highest BCUT2D eigenvalue weighted by molar-refractivity contribution is 7.87. The molecule has 0 radical (unpaired) electrons. The molecule has 6 N–H and O–H groups in total. The van der Waals surface area contributed by atoms with E-state index < -0.39 is 85.2 Å². The third kappa shape index (κ3) is 7.92. The molecule has 1 aliphatic rings. The molecule has 6 rings (SSSR count). The van der Waals surface area contributed by atoms with Gasteiger partial charge in [-0.1, -0.05) is 35.9 Å². The molecule has 0 spiro atoms. The third-order valence-corrected chi connectivity index (χ3v) is 12.5. The van der Waals surface area contributed by atoms with Crippen molar-refractivity contribution >= 4 is 40.5 Å². The van der Waals surface area contributed by atoms with Gasteiger partial charge in [0.2, 0.25) is 0 Å². The van der Waals surface area contributed by atoms with Crippen LogP contribution in [0.5, 0.6) is 23.0 Å². The van der Waals surface area contributed by atoms with Gasteiger partial charge in [-0.05, 0) is 66.6 Å². The molecule has 0 saturated carbocycles. The van der Waals surface area contributed by atoms with Crippen molar-refractivity contribution < 1.29 is 66.8 Å². The van der Waals surface area contributed by atoms with Crippen LogP contribution >= 0.6 is 0 Å². The van der Waals surface area contributed by atoms with Gasteiger partial charge < -0.3 is 19.5 Å². The smallest absolute Gasteiger partial charge is 0.339 e. The molecule has 284 valence electrons. The second-order valence-corrected chi connectivity index (χ2v) is 18.5. The summed E-state index contributed by atoms with van der Waals surface area (Å²) in [4.78, 5) is -2.65. The summed E-state index contributed by atoms with van der Waals surface area (Å²) in [6, 6.07) is 14.8. The summed E-state index contributed by atoms with van der Waals surface area (Å²) >= 11 is 0. The number of hydrogen-bond acceptors (Lipinski definition) is 12. The first-order chi connectivity index (χ1) is 25.0. The lowest BCUT2D eigenvalue weighted by Crippen LogP contribution is -2.14. The molecule has 0 aliphatic heterocycles. The van der Waals surface area contributed by atoms with E-state index in [9.17, 15) is 62.6 Å². The van der Waals surface area contributed by atoms with Gasteiger partial charge in [0.25, 0.3) is 30.4 Å². The van der Waals surface area contributed by atoms with Crippen molar-refractivity contribution in [3.05, 3.63) is 129 Å². The van der Waals surface area contributed by atoms with Gasteiger partial charge in [0.1, 0.15) is 27.9 Å². The van der Waals surface area contributed by atoms with Crippen molar-refractivity contribution in [3.8, 4) is 23.0 Å². The van der Waals surface area contributed by atoms with Gasteiger partial charge in [-0.15, -0.1) is 0 Å². The topological polar surface area (TPSA) is 267 Å². The van der Waals surface area contributed by atoms with Gasteiger partial charge in [0.05, 0.1) is 14.7 Å². The van der Waals surface area contributed by atoms with E-state index in [0.717, 1.165) is 36.4 Å². The minimum atomic E-state index is -5.12. The lowest BCUT2D eigenvalue weighted by Gasteiger charge is -2.21. The largest absolute Gasteiger partial charge is 0.507 e. The predicted molar refractivity (Wildman–Crippen MR) is 190 cm³/mol. The van der Waals surface area contributed by atoms with E-state index >= 15 is 0 Å². The van der Waals surface area contributed by atoms with Crippen LogP contribution in [0.2, 0.25) is 0 Å². The molecule has 1 aliphatic carbocycles. The Balaban J connectivity index is 1.75. The molecule has 0 fully saturated rings. The minimum absolute atomic E-state index is 0.116. The summed E-state index contributed by atoms with van der Waals surface area (Å²) in [5.41, 5.74) is -0.929. The van der Waals surface area contributed by atoms with Crippen LogP contribution in [-0.4, -0.2) is 62.6 Å². The van der Waals surface area contributed by atoms with Gasteiger partial charge >= 0.3 is 10.1 Å². The maximum Gasteiger partial charge on any atom is 0.339 e. The van der Waals surface area contributed by atoms with Crippen molar-refractivity contribution in [1.29, 1.82) is 0 Å². The monoisotopic (exact) mass is 818 g/mol. The van der Waals surface area contributed by atoms with Crippen LogP contribution in [0, 0.1) is 6.92 Å². The highest BCUT2D eigenvalue weighted by atomic mass is 32.2. The van der Waals surface area contributed by atoms with E-state index in [4.69, 9.17) is 4.18 Å². The molecule has 19 heteroatoms. The zero-order valence-corrected chi connectivity index (χ0v) is 31.1. The Hall–Kier alpha value is -5.02. The maximum absolute atomic E-state index is 13.7. The van der Waals surface area contributed by atoms with E-state index in [1.54, 1.807) is 6.92 Å². The summed E-state index contributed by atoms with van der Waals surface area (Å²) in [5, 5.41) is 34.5. The summed E-state index contributed by atoms with van der Waals surface area (Å²) in [6.07, 6.45) is -2.20. The Morgan fingerprint density at radius 2 is 0.741 bits per heavy atom. The van der Waals surface area contributed by atoms with Gasteiger partial charge in [-0.25, -0.2) is 0 Å². The van der Waals surface area contributed by atoms with Crippen molar-refractivity contribution in [2.45, 2.75) is 52.2 Å². The molecular weight excluding hydrogens is 789 g/mol. The van der Waals surface area contributed by atoms with Crippen molar-refractivity contribution in [2.75, 3.05) is 0 Å². The Morgan fingerprint density at radius 3 is 1.07 bits per heavy atom. The van der Waals surface area contributed by atoms with Gasteiger partial charge in [0, 0.05) is 59.1 Å². The Bertz CT molecular complexity index is 2680. The normalized spacial score (nSPS) is 13.7. The van der Waals surface area contributed by atoms with Crippen LogP contribution in [0.25, 0.3) is 0 Å². The molecule has 54 heavy (non-hydrogen) atoms. The fraction of sp³-hybridized carbons (Fsp3) is 0.143. The fourth-order valence-electron chi connectivity index (χ4n) is 6.30. The predicted octanol–water partition coefficient (Wildman–Crippen LogP) is 4.30. The molecule has 0 aromatic heterocycles. The number of aryl methyl sites for hydroxylation is 1. The van der Waals surface area contributed by atoms with Gasteiger partial charge in [-0.3, -0.25) is 13.7 Å². The van der Waals surface area contributed by atoms with Crippen LogP contribution in [0.4, 0.5) is 0 Å². The third-order valence-electron chi connectivity index (χ3n) is 8.75. The zero-order chi connectivity index (χ0) is 39.5. The van der Waals surface area contributed by atoms with Crippen molar-refractivity contribution in [2.24, 2.45) is 0 Å². The molecular formula is C35H30O15S4. The Labute approximate surface area is 310 Å². The van der Waals surface area contributed by atoms with E-state index in [1.165, 1.54) is 42.5 Å². The first-order valence-corrected chi connectivity index (χ1v) is 21.3. The fourth-order valence-corrected chi connectivity index (χ4v) is 9.07. The quantitative estimate of drug-likeness (QED) is 0.101. The maximum atomic E-state index is 13.7. The first-order valence-electron chi connectivity index (χ1n) is 15.6. The van der Waals surface area contributed by atoms with E-state index in [2.05, 4.69) is 0 Å². The molecule has 0 unspecified atom stereocenters. The van der Waals surface area contributed by atoms with Crippen LogP contribution in [0.15, 0.2) is 98.4 Å². The van der Waals surface area contributed by atoms with Crippen molar-refractivity contribution in [1.82, 2.24) is 0 Å². The number of phenols is 3. The van der Waals surface area contributed by atoms with Crippen LogP contribution in [0.1, 0.15) is 50.1 Å². The summed E-state index contributed by atoms with van der Waals surface area (Å²) < 4.78 is 138.